The van der Waals surface area contributed by atoms with Crippen LogP contribution in [0.1, 0.15) is 58.7 Å². The highest BCUT2D eigenvalue weighted by atomic mass is 32.1. The van der Waals surface area contributed by atoms with Gasteiger partial charge in [0.05, 0.1) is 12.5 Å². The lowest BCUT2D eigenvalue weighted by Gasteiger charge is -2.31. The van der Waals surface area contributed by atoms with Gasteiger partial charge in [0, 0.05) is 42.3 Å². The molecule has 1 aromatic carbocycles. The van der Waals surface area contributed by atoms with E-state index in [0.717, 1.165) is 35.2 Å². The second-order valence-electron chi connectivity index (χ2n) is 9.15. The van der Waals surface area contributed by atoms with Gasteiger partial charge in [0.25, 0.3) is 5.56 Å². The van der Waals surface area contributed by atoms with Crippen molar-refractivity contribution in [1.82, 2.24) is 14.9 Å². The number of H-pyrrole nitrogens is 1. The monoisotopic (exact) mass is 479 g/mol. The Hall–Kier alpha value is -3.00. The molecule has 7 nitrogen and oxygen atoms in total. The van der Waals surface area contributed by atoms with Crippen molar-refractivity contribution in [3.05, 3.63) is 56.4 Å². The van der Waals surface area contributed by atoms with Crippen LogP contribution in [0.15, 0.2) is 29.1 Å². The van der Waals surface area contributed by atoms with Crippen molar-refractivity contribution >= 4 is 33.2 Å². The number of rotatable bonds is 6. The fraction of sp³-hybridized carbons (Fsp3) is 0.462. The first-order valence-corrected chi connectivity index (χ1v) is 12.8. The molecule has 3 heterocycles. The number of hydrogen-bond donors (Lipinski definition) is 1. The first-order valence-electron chi connectivity index (χ1n) is 12.0. The zero-order valence-electron chi connectivity index (χ0n) is 19.4. The fourth-order valence-corrected chi connectivity index (χ4v) is 6.37. The molecule has 2 aliphatic rings. The fourth-order valence-electron chi connectivity index (χ4n) is 5.09. The Morgan fingerprint density at radius 1 is 1.15 bits per heavy atom. The predicted molar refractivity (Wildman–Crippen MR) is 132 cm³/mol. The van der Waals surface area contributed by atoms with Gasteiger partial charge in [-0.1, -0.05) is 0 Å². The lowest BCUT2D eigenvalue weighted by Crippen LogP contribution is -2.40. The van der Waals surface area contributed by atoms with Crippen LogP contribution in [-0.4, -0.2) is 46.8 Å². The number of aromatic amines is 1. The van der Waals surface area contributed by atoms with Crippen molar-refractivity contribution in [2.24, 2.45) is 5.92 Å². The first-order chi connectivity index (χ1) is 16.5. The molecule has 1 saturated heterocycles. The minimum absolute atomic E-state index is 0.0450. The Kier molecular flexibility index (Phi) is 6.50. The van der Waals surface area contributed by atoms with Gasteiger partial charge in [-0.25, -0.2) is 4.98 Å². The number of piperidine rings is 1. The molecule has 0 spiro atoms. The molecule has 0 saturated carbocycles. The minimum atomic E-state index is -0.0790. The van der Waals surface area contributed by atoms with E-state index < -0.39 is 0 Å². The Bertz CT molecular complexity index is 1270. The smallest absolute Gasteiger partial charge is 0.259 e. The molecular formula is C26H29N3O4S. The molecule has 0 atom stereocenters. The van der Waals surface area contributed by atoms with Gasteiger partial charge in [-0.05, 0) is 68.4 Å². The lowest BCUT2D eigenvalue weighted by molar-refractivity contribution is -0.132. The van der Waals surface area contributed by atoms with Crippen molar-refractivity contribution in [2.75, 3.05) is 20.2 Å². The number of likely N-dealkylation sites (tertiary alicyclic amines) is 1. The molecule has 34 heavy (non-hydrogen) atoms. The van der Waals surface area contributed by atoms with Crippen LogP contribution in [0.4, 0.5) is 0 Å². The molecule has 0 bridgehead atoms. The van der Waals surface area contributed by atoms with E-state index in [1.54, 1.807) is 42.7 Å². The topological polar surface area (TPSA) is 92.4 Å². The van der Waals surface area contributed by atoms with E-state index in [2.05, 4.69) is 9.97 Å². The number of amides is 1. The number of methoxy groups -OCH3 is 1. The van der Waals surface area contributed by atoms with Gasteiger partial charge in [0.2, 0.25) is 5.91 Å². The summed E-state index contributed by atoms with van der Waals surface area (Å²) in [7, 11) is 1.60. The zero-order chi connectivity index (χ0) is 23.7. The van der Waals surface area contributed by atoms with Crippen LogP contribution in [0.25, 0.3) is 10.2 Å². The number of thiophene rings is 1. The average molecular weight is 480 g/mol. The maximum absolute atomic E-state index is 12.8. The van der Waals surface area contributed by atoms with Gasteiger partial charge in [-0.3, -0.25) is 14.4 Å². The number of aromatic nitrogens is 2. The summed E-state index contributed by atoms with van der Waals surface area (Å²) in [6, 6.07) is 7.20. The van der Waals surface area contributed by atoms with Crippen molar-refractivity contribution in [3.8, 4) is 5.75 Å². The summed E-state index contributed by atoms with van der Waals surface area (Å²) in [5, 5.41) is 0.748. The number of carbonyl (C=O) groups excluding carboxylic acids is 2. The van der Waals surface area contributed by atoms with E-state index in [-0.39, 0.29) is 23.2 Å². The predicted octanol–water partition coefficient (Wildman–Crippen LogP) is 3.93. The Balaban J connectivity index is 1.17. The number of carbonyl (C=O) groups is 2. The van der Waals surface area contributed by atoms with Crippen molar-refractivity contribution < 1.29 is 14.3 Å². The van der Waals surface area contributed by atoms with Crippen LogP contribution < -0.4 is 10.3 Å². The summed E-state index contributed by atoms with van der Waals surface area (Å²) in [6.45, 7) is 1.15. The Morgan fingerprint density at radius 3 is 2.62 bits per heavy atom. The SMILES string of the molecule is COc1ccc(C(=O)C2CCN(C(=O)CCc3nc4sc5c(c4c(=O)[nH]3)CCCC5)CC2)cc1. The molecule has 0 radical (unpaired) electrons. The first kappa shape index (κ1) is 22.8. The summed E-state index contributed by atoms with van der Waals surface area (Å²) >= 11 is 1.63. The second kappa shape index (κ2) is 9.70. The van der Waals surface area contributed by atoms with E-state index in [1.807, 2.05) is 4.90 Å². The Labute approximate surface area is 202 Å². The van der Waals surface area contributed by atoms with Gasteiger partial charge < -0.3 is 14.6 Å². The number of ketones is 1. The molecule has 178 valence electrons. The number of benzene rings is 1. The minimum Gasteiger partial charge on any atom is -0.497 e. The van der Waals surface area contributed by atoms with Crippen molar-refractivity contribution in [2.45, 2.75) is 51.4 Å². The summed E-state index contributed by atoms with van der Waals surface area (Å²) in [4.78, 5) is 49.8. The van der Waals surface area contributed by atoms with E-state index >= 15 is 0 Å². The van der Waals surface area contributed by atoms with Crippen LogP contribution in [0.2, 0.25) is 0 Å². The highest BCUT2D eigenvalue weighted by Gasteiger charge is 2.28. The van der Waals surface area contributed by atoms with Crippen LogP contribution in [0.3, 0.4) is 0 Å². The molecule has 5 rings (SSSR count). The normalized spacial score (nSPS) is 16.4. The maximum atomic E-state index is 12.8. The summed E-state index contributed by atoms with van der Waals surface area (Å²) in [5.41, 5.74) is 1.78. The molecule has 8 heteroatoms. The average Bonchev–Trinajstić information content (AvgIpc) is 3.26. The van der Waals surface area contributed by atoms with E-state index in [9.17, 15) is 14.4 Å². The molecule has 1 amide bonds. The number of Topliss-reactive ketones (excluding diaryl/α,β-unsaturated/α-hetero) is 1. The number of fused-ring (bicyclic) bond motifs is 3. The Morgan fingerprint density at radius 2 is 1.88 bits per heavy atom. The standard InChI is InChI=1S/C26H29N3O4S/c1-33-18-8-6-16(7-9-18)24(31)17-12-14-29(15-13-17)22(30)11-10-21-27-25(32)23-19-4-2-3-5-20(19)34-26(23)28-21/h6-9,17H,2-5,10-15H2,1H3,(H,27,28,32). The van der Waals surface area contributed by atoms with Gasteiger partial charge in [0.15, 0.2) is 5.78 Å². The molecule has 1 fully saturated rings. The molecule has 1 N–H and O–H groups in total. The largest absolute Gasteiger partial charge is 0.497 e. The molecule has 0 unspecified atom stereocenters. The van der Waals surface area contributed by atoms with Crippen molar-refractivity contribution in [1.29, 1.82) is 0 Å². The van der Waals surface area contributed by atoms with Gasteiger partial charge in [0.1, 0.15) is 16.4 Å². The van der Waals surface area contributed by atoms with Gasteiger partial charge >= 0.3 is 0 Å². The third-order valence-corrected chi connectivity index (χ3v) is 8.23. The second-order valence-corrected chi connectivity index (χ2v) is 10.2. The molecule has 2 aromatic heterocycles. The quantitative estimate of drug-likeness (QED) is 0.541. The highest BCUT2D eigenvalue weighted by molar-refractivity contribution is 7.18. The summed E-state index contributed by atoms with van der Waals surface area (Å²) < 4.78 is 5.16. The maximum Gasteiger partial charge on any atom is 0.259 e. The third-order valence-electron chi connectivity index (χ3n) is 7.04. The molecule has 3 aromatic rings. The van der Waals surface area contributed by atoms with Crippen LogP contribution in [-0.2, 0) is 24.1 Å². The number of nitrogens with one attached hydrogen (secondary N) is 1. The number of ether oxygens (including phenoxy) is 1. The number of aryl methyl sites for hydroxylation is 3. The van der Waals surface area contributed by atoms with Gasteiger partial charge in [-0.15, -0.1) is 11.3 Å². The van der Waals surface area contributed by atoms with Crippen molar-refractivity contribution in [3.63, 3.8) is 0 Å². The van der Waals surface area contributed by atoms with E-state index in [4.69, 9.17) is 4.74 Å². The van der Waals surface area contributed by atoms with E-state index in [0.29, 0.717) is 50.2 Å². The van der Waals surface area contributed by atoms with Crippen LogP contribution >= 0.6 is 11.3 Å². The third kappa shape index (κ3) is 4.51. The van der Waals surface area contributed by atoms with Crippen LogP contribution in [0.5, 0.6) is 5.75 Å². The van der Waals surface area contributed by atoms with Gasteiger partial charge in [-0.2, -0.15) is 0 Å². The summed E-state index contributed by atoms with van der Waals surface area (Å²) in [5.74, 6) is 1.41. The zero-order valence-corrected chi connectivity index (χ0v) is 20.2. The van der Waals surface area contributed by atoms with Crippen LogP contribution in [0, 0.1) is 5.92 Å². The number of nitrogens with zero attached hydrogens (tertiary/aromatic N) is 2. The lowest BCUT2D eigenvalue weighted by atomic mass is 9.88. The summed E-state index contributed by atoms with van der Waals surface area (Å²) in [6.07, 6.45) is 6.32. The number of hydrogen-bond acceptors (Lipinski definition) is 6. The van der Waals surface area contributed by atoms with E-state index in [1.165, 1.54) is 16.9 Å². The molecule has 1 aliphatic carbocycles. The molecular weight excluding hydrogens is 450 g/mol. The highest BCUT2D eigenvalue weighted by Crippen LogP contribution is 2.33. The molecule has 1 aliphatic heterocycles.